The molecule has 0 spiro atoms. The van der Waals surface area contributed by atoms with E-state index in [4.69, 9.17) is 11.6 Å². The van der Waals surface area contributed by atoms with E-state index in [1.165, 1.54) is 18.2 Å². The Morgan fingerprint density at radius 2 is 1.86 bits per heavy atom. The summed E-state index contributed by atoms with van der Waals surface area (Å²) in [6.45, 7) is 3.81. The highest BCUT2D eigenvalue weighted by Crippen LogP contribution is 2.24. The van der Waals surface area contributed by atoms with Crippen molar-refractivity contribution in [3.8, 4) is 5.69 Å². The molecule has 0 saturated heterocycles. The van der Waals surface area contributed by atoms with Crippen molar-refractivity contribution in [2.45, 2.75) is 20.3 Å². The first-order valence-corrected chi connectivity index (χ1v) is 8.93. The van der Waals surface area contributed by atoms with Crippen molar-refractivity contribution >= 4 is 23.7 Å². The average molecular weight is 402 g/mol. The van der Waals surface area contributed by atoms with Gasteiger partial charge in [-0.1, -0.05) is 23.7 Å². The summed E-state index contributed by atoms with van der Waals surface area (Å²) in [6, 6.07) is 12.2. The third-order valence-corrected chi connectivity index (χ3v) is 4.59. The SMILES string of the molecule is Cc1cc(/C=N/NC(=O)Cc2ccc(F)cc2)c(C)n1-c1ccc(F)c(Cl)c1. The fraction of sp³-hybridized carbons (Fsp3) is 0.143. The van der Waals surface area contributed by atoms with Crippen LogP contribution in [0.15, 0.2) is 53.6 Å². The molecule has 0 bridgehead atoms. The van der Waals surface area contributed by atoms with Crippen LogP contribution < -0.4 is 5.43 Å². The summed E-state index contributed by atoms with van der Waals surface area (Å²) in [6.07, 6.45) is 1.65. The van der Waals surface area contributed by atoms with E-state index in [2.05, 4.69) is 10.5 Å². The zero-order valence-electron chi connectivity index (χ0n) is 15.3. The van der Waals surface area contributed by atoms with Crippen molar-refractivity contribution < 1.29 is 13.6 Å². The zero-order valence-corrected chi connectivity index (χ0v) is 16.1. The lowest BCUT2D eigenvalue weighted by Crippen LogP contribution is -2.19. The first-order valence-electron chi connectivity index (χ1n) is 8.56. The Kier molecular flexibility index (Phi) is 5.90. The lowest BCUT2D eigenvalue weighted by atomic mass is 10.1. The number of nitrogens with zero attached hydrogens (tertiary/aromatic N) is 2. The highest BCUT2D eigenvalue weighted by Gasteiger charge is 2.11. The molecule has 7 heteroatoms. The summed E-state index contributed by atoms with van der Waals surface area (Å²) >= 11 is 5.89. The van der Waals surface area contributed by atoms with Gasteiger partial charge in [0, 0.05) is 22.6 Å². The number of amides is 1. The van der Waals surface area contributed by atoms with Crippen LogP contribution in [0.25, 0.3) is 5.69 Å². The standard InChI is InChI=1S/C21H18ClF2N3O/c1-13-9-16(14(2)27(13)18-7-8-20(24)19(22)11-18)12-25-26-21(28)10-15-3-5-17(23)6-4-15/h3-9,11-12H,10H2,1-2H3,(H,26,28)/b25-12+. The van der Waals surface area contributed by atoms with Gasteiger partial charge in [0.1, 0.15) is 11.6 Å². The van der Waals surface area contributed by atoms with E-state index in [0.29, 0.717) is 5.56 Å². The van der Waals surface area contributed by atoms with Crippen LogP contribution in [0.2, 0.25) is 5.02 Å². The molecule has 0 aliphatic rings. The molecule has 0 fully saturated rings. The molecule has 0 unspecified atom stereocenters. The molecule has 144 valence electrons. The van der Waals surface area contributed by atoms with E-state index in [0.717, 1.165) is 22.6 Å². The van der Waals surface area contributed by atoms with Crippen LogP contribution in [0.3, 0.4) is 0 Å². The molecule has 0 aliphatic heterocycles. The van der Waals surface area contributed by atoms with Gasteiger partial charge in [0.25, 0.3) is 0 Å². The maximum absolute atomic E-state index is 13.4. The van der Waals surface area contributed by atoms with Crippen LogP contribution in [0, 0.1) is 25.5 Å². The summed E-state index contributed by atoms with van der Waals surface area (Å²) in [4.78, 5) is 12.0. The minimum atomic E-state index is -0.474. The summed E-state index contributed by atoms with van der Waals surface area (Å²) < 4.78 is 28.2. The molecular weight excluding hydrogens is 384 g/mol. The molecule has 1 heterocycles. The summed E-state index contributed by atoms with van der Waals surface area (Å²) in [7, 11) is 0. The maximum Gasteiger partial charge on any atom is 0.244 e. The van der Waals surface area contributed by atoms with Crippen LogP contribution in [-0.4, -0.2) is 16.7 Å². The Morgan fingerprint density at radius 1 is 1.14 bits per heavy atom. The van der Waals surface area contributed by atoms with Crippen LogP contribution in [-0.2, 0) is 11.2 Å². The van der Waals surface area contributed by atoms with Crippen LogP contribution in [0.1, 0.15) is 22.5 Å². The molecule has 0 atom stereocenters. The van der Waals surface area contributed by atoms with Crippen molar-refractivity contribution in [3.63, 3.8) is 0 Å². The molecule has 2 aromatic carbocycles. The number of carbonyl (C=O) groups excluding carboxylic acids is 1. The first kappa shape index (κ1) is 19.8. The van der Waals surface area contributed by atoms with Crippen molar-refractivity contribution in [2.24, 2.45) is 5.10 Å². The largest absolute Gasteiger partial charge is 0.318 e. The number of halogens is 3. The van der Waals surface area contributed by atoms with Crippen LogP contribution >= 0.6 is 11.6 Å². The minimum absolute atomic E-state index is 0.0493. The fourth-order valence-corrected chi connectivity index (χ4v) is 3.12. The number of aromatic nitrogens is 1. The topological polar surface area (TPSA) is 46.4 Å². The Balaban J connectivity index is 1.71. The number of carbonyl (C=O) groups is 1. The van der Waals surface area contributed by atoms with Crippen molar-refractivity contribution in [2.75, 3.05) is 0 Å². The number of hydrazone groups is 1. The predicted molar refractivity (Wildman–Crippen MR) is 106 cm³/mol. The number of benzene rings is 2. The van der Waals surface area contributed by atoms with Gasteiger partial charge in [0.15, 0.2) is 0 Å². The summed E-state index contributed by atoms with van der Waals surface area (Å²) in [5.74, 6) is -1.12. The number of hydrogen-bond acceptors (Lipinski definition) is 2. The predicted octanol–water partition coefficient (Wildman–Crippen LogP) is 4.72. The van der Waals surface area contributed by atoms with Crippen molar-refractivity contribution in [3.05, 3.63) is 87.7 Å². The van der Waals surface area contributed by atoms with Crippen LogP contribution in [0.4, 0.5) is 8.78 Å². The normalized spacial score (nSPS) is 11.2. The Hall–Kier alpha value is -2.99. The van der Waals surface area contributed by atoms with Crippen LogP contribution in [0.5, 0.6) is 0 Å². The fourth-order valence-electron chi connectivity index (χ4n) is 2.94. The molecule has 3 rings (SSSR count). The molecule has 3 aromatic rings. The van der Waals surface area contributed by atoms with Gasteiger partial charge >= 0.3 is 0 Å². The minimum Gasteiger partial charge on any atom is -0.318 e. The summed E-state index contributed by atoms with van der Waals surface area (Å²) in [5.41, 5.74) is 6.49. The average Bonchev–Trinajstić information content (AvgIpc) is 2.93. The Labute approximate surface area is 166 Å². The first-order chi connectivity index (χ1) is 13.3. The zero-order chi connectivity index (χ0) is 20.3. The molecule has 4 nitrogen and oxygen atoms in total. The molecule has 1 amide bonds. The van der Waals surface area contributed by atoms with Gasteiger partial charge in [-0.2, -0.15) is 5.10 Å². The van der Waals surface area contributed by atoms with E-state index < -0.39 is 5.82 Å². The molecule has 0 radical (unpaired) electrons. The highest BCUT2D eigenvalue weighted by molar-refractivity contribution is 6.30. The van der Waals surface area contributed by atoms with Gasteiger partial charge in [-0.25, -0.2) is 14.2 Å². The number of hydrogen-bond donors (Lipinski definition) is 1. The van der Waals surface area contributed by atoms with E-state index in [-0.39, 0.29) is 23.2 Å². The molecule has 0 aliphatic carbocycles. The van der Waals surface area contributed by atoms with Gasteiger partial charge in [0.2, 0.25) is 5.91 Å². The Morgan fingerprint density at radius 3 is 2.54 bits per heavy atom. The van der Waals surface area contributed by atoms with Gasteiger partial charge in [0.05, 0.1) is 17.7 Å². The van der Waals surface area contributed by atoms with Gasteiger partial charge in [-0.3, -0.25) is 4.79 Å². The van der Waals surface area contributed by atoms with Crippen molar-refractivity contribution in [1.82, 2.24) is 9.99 Å². The molecule has 1 N–H and O–H groups in total. The maximum atomic E-state index is 13.4. The van der Waals surface area contributed by atoms with E-state index in [1.807, 2.05) is 24.5 Å². The van der Waals surface area contributed by atoms with Gasteiger partial charge in [-0.15, -0.1) is 0 Å². The number of rotatable bonds is 5. The van der Waals surface area contributed by atoms with Crippen molar-refractivity contribution in [1.29, 1.82) is 0 Å². The van der Waals surface area contributed by atoms with Gasteiger partial charge in [-0.05, 0) is 55.8 Å². The second kappa shape index (κ2) is 8.35. The smallest absolute Gasteiger partial charge is 0.244 e. The third-order valence-electron chi connectivity index (χ3n) is 4.30. The van der Waals surface area contributed by atoms with E-state index in [1.54, 1.807) is 30.5 Å². The molecular formula is C21H18ClF2N3O. The lowest BCUT2D eigenvalue weighted by Gasteiger charge is -2.10. The lowest BCUT2D eigenvalue weighted by molar-refractivity contribution is -0.120. The second-order valence-electron chi connectivity index (χ2n) is 6.36. The highest BCUT2D eigenvalue weighted by atomic mass is 35.5. The third kappa shape index (κ3) is 4.46. The quantitative estimate of drug-likeness (QED) is 0.488. The molecule has 1 aromatic heterocycles. The van der Waals surface area contributed by atoms with E-state index >= 15 is 0 Å². The number of aryl methyl sites for hydroxylation is 1. The number of nitrogens with one attached hydrogen (secondary N) is 1. The summed E-state index contributed by atoms with van der Waals surface area (Å²) in [5, 5.41) is 4.05. The second-order valence-corrected chi connectivity index (χ2v) is 6.76. The van der Waals surface area contributed by atoms with E-state index in [9.17, 15) is 13.6 Å². The molecule has 0 saturated carbocycles. The Bertz CT molecular complexity index is 1040. The monoisotopic (exact) mass is 401 g/mol. The molecule has 28 heavy (non-hydrogen) atoms. The van der Waals surface area contributed by atoms with Gasteiger partial charge < -0.3 is 4.57 Å².